The summed E-state index contributed by atoms with van der Waals surface area (Å²) in [6.45, 7) is 2.20. The van der Waals surface area contributed by atoms with Crippen molar-refractivity contribution in [2.45, 2.75) is 25.8 Å². The molecule has 3 rings (SSSR count). The first-order chi connectivity index (χ1) is 10.3. The van der Waals surface area contributed by atoms with Gasteiger partial charge in [-0.1, -0.05) is 37.6 Å². The molecule has 0 bridgehead atoms. The summed E-state index contributed by atoms with van der Waals surface area (Å²) in [6.07, 6.45) is 3.94. The molecule has 0 aliphatic carbocycles. The fraction of sp³-hybridized carbons (Fsp3) is 0.235. The molecule has 0 radical (unpaired) electrons. The molecule has 0 aliphatic rings. The lowest BCUT2D eigenvalue weighted by Gasteiger charge is -2.20. The second-order valence-electron chi connectivity index (χ2n) is 5.11. The molecular formula is C17H19N3S. The maximum Gasteiger partial charge on any atom is 0.0743 e. The highest BCUT2D eigenvalue weighted by Gasteiger charge is 2.15. The Morgan fingerprint density at radius 2 is 2.10 bits per heavy atom. The summed E-state index contributed by atoms with van der Waals surface area (Å²) in [5.74, 6) is 0. The molecule has 0 fully saturated rings. The van der Waals surface area contributed by atoms with Gasteiger partial charge in [0.05, 0.1) is 29.1 Å². The Morgan fingerprint density at radius 1 is 1.24 bits per heavy atom. The van der Waals surface area contributed by atoms with Gasteiger partial charge in [0, 0.05) is 10.3 Å². The van der Waals surface area contributed by atoms with Crippen molar-refractivity contribution in [3.05, 3.63) is 52.9 Å². The van der Waals surface area contributed by atoms with Crippen LogP contribution in [-0.4, -0.2) is 4.98 Å². The summed E-state index contributed by atoms with van der Waals surface area (Å²) in [4.78, 5) is 5.74. The van der Waals surface area contributed by atoms with E-state index in [1.54, 1.807) is 17.5 Å². The first kappa shape index (κ1) is 13.9. The van der Waals surface area contributed by atoms with Crippen LogP contribution in [-0.2, 0) is 0 Å². The molecule has 2 heterocycles. The maximum atomic E-state index is 6.16. The van der Waals surface area contributed by atoms with E-state index in [1.807, 2.05) is 18.2 Å². The number of benzene rings is 1. The fourth-order valence-electron chi connectivity index (χ4n) is 2.56. The molecule has 1 atom stereocenters. The molecule has 0 spiro atoms. The second-order valence-corrected chi connectivity index (χ2v) is 6.09. The quantitative estimate of drug-likeness (QED) is 0.709. The number of nitrogen functional groups attached to an aromatic ring is 1. The zero-order chi connectivity index (χ0) is 14.7. The third-order valence-electron chi connectivity index (χ3n) is 3.59. The maximum absolute atomic E-state index is 6.16. The number of pyridine rings is 1. The third kappa shape index (κ3) is 2.85. The van der Waals surface area contributed by atoms with Gasteiger partial charge in [0.1, 0.15) is 0 Å². The summed E-state index contributed by atoms with van der Waals surface area (Å²) < 4.78 is 0. The van der Waals surface area contributed by atoms with Crippen LogP contribution in [0, 0.1) is 0 Å². The minimum atomic E-state index is 0.295. The Balaban J connectivity index is 2.01. The van der Waals surface area contributed by atoms with Gasteiger partial charge in [-0.2, -0.15) is 0 Å². The molecule has 0 aliphatic heterocycles. The minimum Gasteiger partial charge on any atom is -0.396 e. The average molecular weight is 297 g/mol. The monoisotopic (exact) mass is 297 g/mol. The van der Waals surface area contributed by atoms with E-state index in [0.717, 1.165) is 29.4 Å². The number of rotatable bonds is 5. The lowest BCUT2D eigenvalue weighted by Crippen LogP contribution is -2.11. The normalized spacial score (nSPS) is 12.4. The van der Waals surface area contributed by atoms with Crippen LogP contribution in [0.15, 0.2) is 48.0 Å². The molecule has 2 aromatic heterocycles. The largest absolute Gasteiger partial charge is 0.396 e. The molecule has 0 saturated carbocycles. The Bertz CT molecular complexity index is 722. The van der Waals surface area contributed by atoms with Gasteiger partial charge in [0.15, 0.2) is 0 Å². The molecule has 0 amide bonds. The number of nitrogens with two attached hydrogens (primary N) is 1. The van der Waals surface area contributed by atoms with E-state index in [0.29, 0.717) is 11.7 Å². The second kappa shape index (κ2) is 6.14. The SMILES string of the molecule is CCCC(Nc1c(N)cnc2ccccc12)c1cccs1. The first-order valence-corrected chi connectivity index (χ1v) is 8.10. The van der Waals surface area contributed by atoms with E-state index in [1.165, 1.54) is 4.88 Å². The molecule has 1 aromatic carbocycles. The van der Waals surface area contributed by atoms with E-state index in [4.69, 9.17) is 5.73 Å². The van der Waals surface area contributed by atoms with E-state index >= 15 is 0 Å². The van der Waals surface area contributed by atoms with E-state index in [9.17, 15) is 0 Å². The van der Waals surface area contributed by atoms with Crippen LogP contribution in [0.3, 0.4) is 0 Å². The van der Waals surface area contributed by atoms with E-state index in [-0.39, 0.29) is 0 Å². The summed E-state index contributed by atoms with van der Waals surface area (Å²) in [6, 6.07) is 12.7. The van der Waals surface area contributed by atoms with Gasteiger partial charge in [-0.25, -0.2) is 0 Å². The smallest absolute Gasteiger partial charge is 0.0743 e. The van der Waals surface area contributed by atoms with Crippen LogP contribution >= 0.6 is 11.3 Å². The van der Waals surface area contributed by atoms with Crippen LogP contribution in [0.1, 0.15) is 30.7 Å². The number of hydrogen-bond acceptors (Lipinski definition) is 4. The van der Waals surface area contributed by atoms with Crippen molar-refractivity contribution in [1.82, 2.24) is 4.98 Å². The number of para-hydroxylation sites is 1. The van der Waals surface area contributed by atoms with Crippen LogP contribution in [0.4, 0.5) is 11.4 Å². The molecule has 108 valence electrons. The van der Waals surface area contributed by atoms with Crippen LogP contribution in [0.5, 0.6) is 0 Å². The lowest BCUT2D eigenvalue weighted by molar-refractivity contribution is 0.688. The van der Waals surface area contributed by atoms with Gasteiger partial charge in [-0.15, -0.1) is 11.3 Å². The molecule has 1 unspecified atom stereocenters. The van der Waals surface area contributed by atoms with Gasteiger partial charge in [-0.3, -0.25) is 4.98 Å². The predicted molar refractivity (Wildman–Crippen MR) is 91.7 cm³/mol. The van der Waals surface area contributed by atoms with Crippen LogP contribution in [0.2, 0.25) is 0 Å². The number of nitrogens with zero attached hydrogens (tertiary/aromatic N) is 1. The summed E-state index contributed by atoms with van der Waals surface area (Å²) >= 11 is 1.78. The fourth-order valence-corrected chi connectivity index (χ4v) is 3.37. The zero-order valence-corrected chi connectivity index (χ0v) is 12.9. The first-order valence-electron chi connectivity index (χ1n) is 7.22. The molecule has 3 N–H and O–H groups in total. The van der Waals surface area contributed by atoms with E-state index in [2.05, 4.69) is 40.8 Å². The van der Waals surface area contributed by atoms with Gasteiger partial charge < -0.3 is 11.1 Å². The van der Waals surface area contributed by atoms with Crippen molar-refractivity contribution in [1.29, 1.82) is 0 Å². The minimum absolute atomic E-state index is 0.295. The van der Waals surface area contributed by atoms with Gasteiger partial charge in [-0.05, 0) is 23.9 Å². The highest BCUT2D eigenvalue weighted by atomic mass is 32.1. The number of thiophene rings is 1. The van der Waals surface area contributed by atoms with Crippen molar-refractivity contribution in [3.8, 4) is 0 Å². The zero-order valence-electron chi connectivity index (χ0n) is 12.0. The molecule has 21 heavy (non-hydrogen) atoms. The Hall–Kier alpha value is -2.07. The number of nitrogens with one attached hydrogen (secondary N) is 1. The molecule has 3 nitrogen and oxygen atoms in total. The van der Waals surface area contributed by atoms with Crippen molar-refractivity contribution in [2.75, 3.05) is 11.1 Å². The summed E-state index contributed by atoms with van der Waals surface area (Å²) in [5.41, 5.74) is 8.82. The van der Waals surface area contributed by atoms with Crippen molar-refractivity contribution in [3.63, 3.8) is 0 Å². The molecule has 4 heteroatoms. The summed E-state index contributed by atoms with van der Waals surface area (Å²) in [7, 11) is 0. The third-order valence-corrected chi connectivity index (χ3v) is 4.57. The number of aromatic nitrogens is 1. The Morgan fingerprint density at radius 3 is 2.86 bits per heavy atom. The van der Waals surface area contributed by atoms with Crippen LogP contribution in [0.25, 0.3) is 10.9 Å². The molecular weight excluding hydrogens is 278 g/mol. The number of fused-ring (bicyclic) bond motifs is 1. The molecule has 0 saturated heterocycles. The standard InChI is InChI=1S/C17H19N3S/c1-2-6-15(16-9-5-10-21-16)20-17-12-7-3-4-8-14(12)19-11-13(17)18/h3-5,7-11,15H,2,6,18H2,1H3,(H,19,20). The van der Waals surface area contributed by atoms with Crippen LogP contribution < -0.4 is 11.1 Å². The number of anilines is 2. The van der Waals surface area contributed by atoms with Crippen molar-refractivity contribution >= 4 is 33.6 Å². The topological polar surface area (TPSA) is 50.9 Å². The lowest BCUT2D eigenvalue weighted by atomic mass is 10.1. The van der Waals surface area contributed by atoms with Crippen molar-refractivity contribution in [2.24, 2.45) is 0 Å². The van der Waals surface area contributed by atoms with E-state index < -0.39 is 0 Å². The van der Waals surface area contributed by atoms with Gasteiger partial charge in [0.25, 0.3) is 0 Å². The predicted octanol–water partition coefficient (Wildman–Crippen LogP) is 4.83. The average Bonchev–Trinajstić information content (AvgIpc) is 3.03. The molecule has 3 aromatic rings. The van der Waals surface area contributed by atoms with Gasteiger partial charge in [0.2, 0.25) is 0 Å². The van der Waals surface area contributed by atoms with Crippen molar-refractivity contribution < 1.29 is 0 Å². The highest BCUT2D eigenvalue weighted by Crippen LogP contribution is 2.33. The Labute approximate surface area is 128 Å². The van der Waals surface area contributed by atoms with Gasteiger partial charge >= 0.3 is 0 Å². The Kier molecular flexibility index (Phi) is 4.06. The highest BCUT2D eigenvalue weighted by molar-refractivity contribution is 7.10. The number of hydrogen-bond donors (Lipinski definition) is 2. The summed E-state index contributed by atoms with van der Waals surface area (Å²) in [5, 5.41) is 6.84.